The Morgan fingerprint density at radius 1 is 0.865 bits per heavy atom. The van der Waals surface area contributed by atoms with E-state index >= 15 is 0 Å². The van der Waals surface area contributed by atoms with E-state index in [9.17, 15) is 4.79 Å². The van der Waals surface area contributed by atoms with Crippen LogP contribution >= 0.6 is 0 Å². The number of carbonyl (C=O) groups is 1. The molecule has 0 spiro atoms. The van der Waals surface area contributed by atoms with Crippen molar-refractivity contribution in [1.82, 2.24) is 10.2 Å². The summed E-state index contributed by atoms with van der Waals surface area (Å²) < 4.78 is 17.1. The number of benzene rings is 3. The van der Waals surface area contributed by atoms with Gasteiger partial charge in [0.2, 0.25) is 0 Å². The van der Waals surface area contributed by atoms with Crippen LogP contribution in [0.3, 0.4) is 0 Å². The van der Waals surface area contributed by atoms with Gasteiger partial charge in [0, 0.05) is 38.4 Å². The van der Waals surface area contributed by atoms with Crippen molar-refractivity contribution in [3.63, 3.8) is 0 Å². The van der Waals surface area contributed by atoms with Gasteiger partial charge in [-0.05, 0) is 60.7 Å². The molecule has 1 fully saturated rings. The van der Waals surface area contributed by atoms with Gasteiger partial charge >= 0.3 is 0 Å². The average Bonchev–Trinajstić information content (AvgIpc) is 3.49. The molecule has 3 aromatic carbocycles. The summed E-state index contributed by atoms with van der Waals surface area (Å²) in [7, 11) is 1.68. The number of nitrogens with zero attached hydrogens (tertiary/aromatic N) is 2. The van der Waals surface area contributed by atoms with Crippen LogP contribution in [0.1, 0.15) is 22.2 Å². The number of nitrogens with one attached hydrogen (secondary N) is 1. The lowest BCUT2D eigenvalue weighted by Gasteiger charge is -2.39. The van der Waals surface area contributed by atoms with Gasteiger partial charge in [-0.15, -0.1) is 0 Å². The molecule has 7 nitrogen and oxygen atoms in total. The summed E-state index contributed by atoms with van der Waals surface area (Å²) in [6.07, 6.45) is 1.68. The Labute approximate surface area is 217 Å². The van der Waals surface area contributed by atoms with Crippen molar-refractivity contribution < 1.29 is 18.7 Å². The number of para-hydroxylation sites is 2. The van der Waals surface area contributed by atoms with Gasteiger partial charge in [-0.3, -0.25) is 9.69 Å². The first kappa shape index (κ1) is 24.5. The van der Waals surface area contributed by atoms with E-state index in [2.05, 4.69) is 27.2 Å². The largest absolute Gasteiger partial charge is 0.497 e. The molecule has 1 aliphatic heterocycles. The molecule has 5 rings (SSSR count). The van der Waals surface area contributed by atoms with E-state index in [1.165, 1.54) is 5.69 Å². The standard InChI is InChI=1S/C30H31N3O4/c1-35-24-15-13-23(14-16-24)32-17-19-33(20-18-32)27(29-12-7-21-36-29)22-31-30(34)26-10-5-6-11-28(26)37-25-8-3-2-4-9-25/h2-16,21,27H,17-20,22H2,1H3,(H,31,34). The third-order valence-electron chi connectivity index (χ3n) is 6.62. The predicted octanol–water partition coefficient (Wildman–Crippen LogP) is 5.37. The maximum absolute atomic E-state index is 13.2. The molecule has 1 atom stereocenters. The molecule has 1 aliphatic rings. The van der Waals surface area contributed by atoms with Crippen LogP contribution in [0.25, 0.3) is 0 Å². The minimum Gasteiger partial charge on any atom is -0.497 e. The minimum atomic E-state index is -0.181. The summed E-state index contributed by atoms with van der Waals surface area (Å²) in [5.74, 6) is 2.72. The van der Waals surface area contributed by atoms with Crippen LogP contribution in [-0.4, -0.2) is 50.6 Å². The van der Waals surface area contributed by atoms with E-state index in [0.29, 0.717) is 23.6 Å². The van der Waals surface area contributed by atoms with Crippen LogP contribution < -0.4 is 19.7 Å². The maximum atomic E-state index is 13.2. The number of carbonyl (C=O) groups excluding carboxylic acids is 1. The molecule has 0 saturated carbocycles. The fourth-order valence-electron chi connectivity index (χ4n) is 4.62. The van der Waals surface area contributed by atoms with Gasteiger partial charge in [-0.25, -0.2) is 0 Å². The van der Waals surface area contributed by atoms with Crippen LogP contribution in [0, 0.1) is 0 Å². The van der Waals surface area contributed by atoms with Crippen molar-refractivity contribution in [1.29, 1.82) is 0 Å². The Kier molecular flexibility index (Phi) is 7.72. The lowest BCUT2D eigenvalue weighted by Crippen LogP contribution is -2.49. The van der Waals surface area contributed by atoms with Crippen molar-refractivity contribution in [2.45, 2.75) is 6.04 Å². The molecule has 2 heterocycles. The van der Waals surface area contributed by atoms with E-state index in [1.54, 1.807) is 19.4 Å². The third-order valence-corrected chi connectivity index (χ3v) is 6.62. The molecule has 1 amide bonds. The number of amides is 1. The Balaban J connectivity index is 1.24. The first-order valence-corrected chi connectivity index (χ1v) is 12.5. The summed E-state index contributed by atoms with van der Waals surface area (Å²) >= 11 is 0. The number of rotatable bonds is 9. The average molecular weight is 498 g/mol. The van der Waals surface area contributed by atoms with E-state index in [-0.39, 0.29) is 11.9 Å². The molecule has 0 radical (unpaired) electrons. The molecule has 1 aromatic heterocycles. The zero-order valence-corrected chi connectivity index (χ0v) is 20.9. The van der Waals surface area contributed by atoms with Crippen molar-refractivity contribution in [2.75, 3.05) is 44.7 Å². The molecule has 7 heteroatoms. The van der Waals surface area contributed by atoms with E-state index < -0.39 is 0 Å². The molecule has 4 aromatic rings. The Bertz CT molecular complexity index is 1270. The fourth-order valence-corrected chi connectivity index (χ4v) is 4.62. The number of piperazine rings is 1. The number of ether oxygens (including phenoxy) is 2. The van der Waals surface area contributed by atoms with Crippen LogP contribution in [0.2, 0.25) is 0 Å². The zero-order valence-electron chi connectivity index (χ0n) is 20.9. The highest BCUT2D eigenvalue weighted by Gasteiger charge is 2.28. The van der Waals surface area contributed by atoms with Gasteiger partial charge in [-0.2, -0.15) is 0 Å². The highest BCUT2D eigenvalue weighted by Crippen LogP contribution is 2.27. The second-order valence-electron chi connectivity index (χ2n) is 8.87. The normalized spacial score (nSPS) is 14.7. The van der Waals surface area contributed by atoms with Crippen molar-refractivity contribution in [2.24, 2.45) is 0 Å². The third kappa shape index (κ3) is 5.95. The smallest absolute Gasteiger partial charge is 0.255 e. The molecular weight excluding hydrogens is 466 g/mol. The first-order valence-electron chi connectivity index (χ1n) is 12.5. The predicted molar refractivity (Wildman–Crippen MR) is 144 cm³/mol. The summed E-state index contributed by atoms with van der Waals surface area (Å²) in [4.78, 5) is 18.0. The molecule has 1 unspecified atom stereocenters. The number of anilines is 1. The highest BCUT2D eigenvalue weighted by molar-refractivity contribution is 5.97. The number of furan rings is 1. The molecular formula is C30H31N3O4. The van der Waals surface area contributed by atoms with Gasteiger partial charge in [0.1, 0.15) is 23.0 Å². The first-order chi connectivity index (χ1) is 18.2. The van der Waals surface area contributed by atoms with Gasteiger partial charge in [0.15, 0.2) is 0 Å². The van der Waals surface area contributed by atoms with Gasteiger partial charge in [0.05, 0.1) is 25.0 Å². The summed E-state index contributed by atoms with van der Waals surface area (Å²) in [6, 6.07) is 28.7. The molecule has 37 heavy (non-hydrogen) atoms. The molecule has 0 bridgehead atoms. The quantitative estimate of drug-likeness (QED) is 0.335. The second-order valence-corrected chi connectivity index (χ2v) is 8.87. The molecule has 190 valence electrons. The second kappa shape index (κ2) is 11.7. The van der Waals surface area contributed by atoms with Crippen LogP contribution in [0.4, 0.5) is 5.69 Å². The van der Waals surface area contributed by atoms with E-state index in [4.69, 9.17) is 13.9 Å². The lowest BCUT2D eigenvalue weighted by molar-refractivity contribution is 0.0920. The maximum Gasteiger partial charge on any atom is 0.255 e. The lowest BCUT2D eigenvalue weighted by atomic mass is 10.1. The van der Waals surface area contributed by atoms with Crippen molar-refractivity contribution in [3.8, 4) is 17.2 Å². The van der Waals surface area contributed by atoms with Crippen LogP contribution in [0.15, 0.2) is 102 Å². The van der Waals surface area contributed by atoms with Crippen molar-refractivity contribution >= 4 is 11.6 Å². The molecule has 1 N–H and O–H groups in total. The SMILES string of the molecule is COc1ccc(N2CCN(C(CNC(=O)c3ccccc3Oc3ccccc3)c3ccco3)CC2)cc1. The molecule has 0 aliphatic carbocycles. The number of methoxy groups -OCH3 is 1. The number of hydrogen-bond acceptors (Lipinski definition) is 6. The summed E-state index contributed by atoms with van der Waals surface area (Å²) in [5, 5.41) is 3.12. The zero-order chi connectivity index (χ0) is 25.5. The monoisotopic (exact) mass is 497 g/mol. The van der Waals surface area contributed by atoms with Crippen molar-refractivity contribution in [3.05, 3.63) is 109 Å². The van der Waals surface area contributed by atoms with Crippen LogP contribution in [0.5, 0.6) is 17.2 Å². The fraction of sp³-hybridized carbons (Fsp3) is 0.233. The Morgan fingerprint density at radius 2 is 1.59 bits per heavy atom. The Hall–Kier alpha value is -4.23. The summed E-state index contributed by atoms with van der Waals surface area (Å²) in [5.41, 5.74) is 1.67. The van der Waals surface area contributed by atoms with E-state index in [1.807, 2.05) is 72.8 Å². The summed E-state index contributed by atoms with van der Waals surface area (Å²) in [6.45, 7) is 3.88. The Morgan fingerprint density at radius 3 is 2.30 bits per heavy atom. The topological polar surface area (TPSA) is 67.2 Å². The molecule has 1 saturated heterocycles. The van der Waals surface area contributed by atoms with E-state index in [0.717, 1.165) is 37.7 Å². The minimum absolute atomic E-state index is 0.0702. The van der Waals surface area contributed by atoms with Gasteiger partial charge in [0.25, 0.3) is 5.91 Å². The van der Waals surface area contributed by atoms with Crippen LogP contribution in [-0.2, 0) is 0 Å². The van der Waals surface area contributed by atoms with Gasteiger partial charge in [-0.1, -0.05) is 30.3 Å². The van der Waals surface area contributed by atoms with Gasteiger partial charge < -0.3 is 24.1 Å². The number of hydrogen-bond donors (Lipinski definition) is 1. The highest BCUT2D eigenvalue weighted by atomic mass is 16.5.